The molecule has 1 amide bonds. The lowest BCUT2D eigenvalue weighted by molar-refractivity contribution is -0.137. The molecule has 0 aliphatic carbocycles. The number of carbonyl (C=O) groups excluding carboxylic acids is 1. The molecule has 0 saturated heterocycles. The maximum Gasteiger partial charge on any atom is 0.305 e. The Bertz CT molecular complexity index is 727. The van der Waals surface area contributed by atoms with Crippen molar-refractivity contribution < 1.29 is 27.9 Å². The van der Waals surface area contributed by atoms with E-state index in [1.165, 1.54) is 23.3 Å². The van der Waals surface area contributed by atoms with Gasteiger partial charge in [0.25, 0.3) is 5.91 Å². The average molecular weight is 323 g/mol. The molecule has 1 aromatic heterocycles. The van der Waals surface area contributed by atoms with Crippen LogP contribution in [-0.2, 0) is 11.3 Å². The number of furan rings is 1. The van der Waals surface area contributed by atoms with Crippen molar-refractivity contribution in [3.8, 4) is 0 Å². The van der Waals surface area contributed by atoms with E-state index in [-0.39, 0.29) is 25.1 Å². The number of aryl methyl sites for hydroxylation is 1. The van der Waals surface area contributed by atoms with E-state index < -0.39 is 23.5 Å². The summed E-state index contributed by atoms with van der Waals surface area (Å²) in [6, 6.07) is 4.82. The van der Waals surface area contributed by atoms with Crippen molar-refractivity contribution in [1.29, 1.82) is 0 Å². The minimum Gasteiger partial charge on any atom is -0.481 e. The Morgan fingerprint density at radius 2 is 1.96 bits per heavy atom. The number of hydrogen-bond donors (Lipinski definition) is 1. The summed E-state index contributed by atoms with van der Waals surface area (Å²) in [4.78, 5) is 24.4. The van der Waals surface area contributed by atoms with Gasteiger partial charge in [-0.3, -0.25) is 9.59 Å². The highest BCUT2D eigenvalue weighted by atomic mass is 19.2. The van der Waals surface area contributed by atoms with E-state index in [2.05, 4.69) is 0 Å². The maximum atomic E-state index is 13.3. The highest BCUT2D eigenvalue weighted by molar-refractivity contribution is 5.94. The standard InChI is InChI=1S/C16H15F2NO4/c1-10-6-12(9-23-10)16(22)19(5-4-15(20)21)8-11-2-3-13(17)14(18)7-11/h2-3,6-7,9H,4-5,8H2,1H3,(H,20,21). The number of carboxylic acids is 1. The van der Waals surface area contributed by atoms with E-state index in [9.17, 15) is 18.4 Å². The van der Waals surface area contributed by atoms with Crippen molar-refractivity contribution in [2.45, 2.75) is 19.9 Å². The predicted molar refractivity (Wildman–Crippen MR) is 76.8 cm³/mol. The molecule has 2 rings (SSSR count). The minimum absolute atomic E-state index is 0.0342. The number of halogens is 2. The van der Waals surface area contributed by atoms with Crippen molar-refractivity contribution in [2.24, 2.45) is 0 Å². The highest BCUT2D eigenvalue weighted by Gasteiger charge is 2.19. The number of hydrogen-bond acceptors (Lipinski definition) is 3. The fraction of sp³-hybridized carbons (Fsp3) is 0.250. The molecule has 0 spiro atoms. The van der Waals surface area contributed by atoms with Crippen LogP contribution in [0.3, 0.4) is 0 Å². The first-order chi connectivity index (χ1) is 10.9. The van der Waals surface area contributed by atoms with Gasteiger partial charge in [-0.15, -0.1) is 0 Å². The summed E-state index contributed by atoms with van der Waals surface area (Å²) in [6.45, 7) is 1.58. The second-order valence-corrected chi connectivity index (χ2v) is 5.06. The van der Waals surface area contributed by atoms with Crippen molar-refractivity contribution in [3.63, 3.8) is 0 Å². The van der Waals surface area contributed by atoms with Crippen LogP contribution < -0.4 is 0 Å². The number of carbonyl (C=O) groups is 2. The van der Waals surface area contributed by atoms with E-state index in [4.69, 9.17) is 9.52 Å². The molecule has 1 aromatic carbocycles. The molecule has 0 unspecified atom stereocenters. The van der Waals surface area contributed by atoms with Crippen LogP contribution in [0.5, 0.6) is 0 Å². The van der Waals surface area contributed by atoms with Gasteiger partial charge >= 0.3 is 5.97 Å². The molecule has 23 heavy (non-hydrogen) atoms. The third-order valence-corrected chi connectivity index (χ3v) is 3.22. The van der Waals surface area contributed by atoms with Gasteiger partial charge in [0.2, 0.25) is 0 Å². The molecule has 0 radical (unpaired) electrons. The highest BCUT2D eigenvalue weighted by Crippen LogP contribution is 2.15. The average Bonchev–Trinajstić information content (AvgIpc) is 2.92. The number of carboxylic acid groups (broad SMARTS) is 1. The van der Waals surface area contributed by atoms with Crippen LogP contribution in [-0.4, -0.2) is 28.4 Å². The number of aliphatic carboxylic acids is 1. The maximum absolute atomic E-state index is 13.3. The molecule has 2 aromatic rings. The molecule has 0 atom stereocenters. The first kappa shape index (κ1) is 16.7. The molecule has 122 valence electrons. The van der Waals surface area contributed by atoms with Crippen LogP contribution in [0.4, 0.5) is 8.78 Å². The summed E-state index contributed by atoms with van der Waals surface area (Å²) in [7, 11) is 0. The Balaban J connectivity index is 2.20. The zero-order valence-electron chi connectivity index (χ0n) is 12.4. The van der Waals surface area contributed by atoms with Crippen LogP contribution in [0.2, 0.25) is 0 Å². The molecule has 1 heterocycles. The second kappa shape index (κ2) is 7.04. The fourth-order valence-corrected chi connectivity index (χ4v) is 2.08. The van der Waals surface area contributed by atoms with Crippen LogP contribution in [0.15, 0.2) is 34.9 Å². The molecule has 1 N–H and O–H groups in total. The van der Waals surface area contributed by atoms with Crippen LogP contribution in [0.1, 0.15) is 28.1 Å². The number of rotatable bonds is 6. The van der Waals surface area contributed by atoms with Crippen molar-refractivity contribution in [1.82, 2.24) is 4.90 Å². The third-order valence-electron chi connectivity index (χ3n) is 3.22. The second-order valence-electron chi connectivity index (χ2n) is 5.06. The monoisotopic (exact) mass is 323 g/mol. The number of amides is 1. The Hall–Kier alpha value is -2.70. The van der Waals surface area contributed by atoms with Crippen molar-refractivity contribution in [2.75, 3.05) is 6.54 Å². The molecule has 5 nitrogen and oxygen atoms in total. The van der Waals surface area contributed by atoms with Crippen LogP contribution in [0, 0.1) is 18.6 Å². The smallest absolute Gasteiger partial charge is 0.305 e. The Labute approximate surface area is 131 Å². The SMILES string of the molecule is Cc1cc(C(=O)N(CCC(=O)O)Cc2ccc(F)c(F)c2)co1. The molecule has 0 aliphatic rings. The van der Waals surface area contributed by atoms with Gasteiger partial charge in [0, 0.05) is 13.1 Å². The lowest BCUT2D eigenvalue weighted by atomic mass is 10.1. The minimum atomic E-state index is -1.06. The van der Waals surface area contributed by atoms with E-state index in [0.29, 0.717) is 11.3 Å². The fourth-order valence-electron chi connectivity index (χ4n) is 2.08. The first-order valence-electron chi connectivity index (χ1n) is 6.87. The van der Waals surface area contributed by atoms with Gasteiger partial charge < -0.3 is 14.4 Å². The van der Waals surface area contributed by atoms with E-state index in [1.807, 2.05) is 0 Å². The van der Waals surface area contributed by atoms with E-state index in [0.717, 1.165) is 12.1 Å². The van der Waals surface area contributed by atoms with Gasteiger partial charge in [0.05, 0.1) is 12.0 Å². The zero-order valence-corrected chi connectivity index (χ0v) is 12.4. The van der Waals surface area contributed by atoms with Gasteiger partial charge in [-0.05, 0) is 30.7 Å². The molecular formula is C16H15F2NO4. The molecule has 0 fully saturated rings. The van der Waals surface area contributed by atoms with Gasteiger partial charge in [0.15, 0.2) is 11.6 Å². The molecule has 0 saturated carbocycles. The molecule has 0 aliphatic heterocycles. The Morgan fingerprint density at radius 1 is 1.22 bits per heavy atom. The van der Waals surface area contributed by atoms with E-state index >= 15 is 0 Å². The lowest BCUT2D eigenvalue weighted by Crippen LogP contribution is -2.32. The Kier molecular flexibility index (Phi) is 5.10. The number of benzene rings is 1. The molecule has 7 heteroatoms. The predicted octanol–water partition coefficient (Wildman–Crippen LogP) is 2.98. The topological polar surface area (TPSA) is 70.8 Å². The van der Waals surface area contributed by atoms with Gasteiger partial charge in [-0.25, -0.2) is 8.78 Å². The molecule has 0 bridgehead atoms. The van der Waals surface area contributed by atoms with E-state index in [1.54, 1.807) is 6.92 Å². The van der Waals surface area contributed by atoms with Gasteiger partial charge in [-0.1, -0.05) is 6.07 Å². The first-order valence-corrected chi connectivity index (χ1v) is 6.87. The number of nitrogens with zero attached hydrogens (tertiary/aromatic N) is 1. The largest absolute Gasteiger partial charge is 0.481 e. The summed E-state index contributed by atoms with van der Waals surface area (Å²) in [5.74, 6) is -2.96. The Morgan fingerprint density at radius 3 is 2.52 bits per heavy atom. The van der Waals surface area contributed by atoms with Crippen LogP contribution >= 0.6 is 0 Å². The summed E-state index contributed by atoms with van der Waals surface area (Å²) >= 11 is 0. The van der Waals surface area contributed by atoms with Crippen molar-refractivity contribution >= 4 is 11.9 Å². The van der Waals surface area contributed by atoms with Crippen LogP contribution in [0.25, 0.3) is 0 Å². The summed E-state index contributed by atoms with van der Waals surface area (Å²) in [5.41, 5.74) is 0.637. The van der Waals surface area contributed by atoms with Crippen molar-refractivity contribution in [3.05, 3.63) is 59.1 Å². The van der Waals surface area contributed by atoms with Gasteiger partial charge in [0.1, 0.15) is 12.0 Å². The lowest BCUT2D eigenvalue weighted by Gasteiger charge is -2.21. The van der Waals surface area contributed by atoms with Gasteiger partial charge in [-0.2, -0.15) is 0 Å². The quantitative estimate of drug-likeness (QED) is 0.887. The summed E-state index contributed by atoms with van der Waals surface area (Å²) in [6.07, 6.45) is 1.02. The zero-order chi connectivity index (χ0) is 17.0. The summed E-state index contributed by atoms with van der Waals surface area (Å²) < 4.78 is 31.3. The normalized spacial score (nSPS) is 10.6. The third kappa shape index (κ3) is 4.38. The molecular weight excluding hydrogens is 308 g/mol. The summed E-state index contributed by atoms with van der Waals surface area (Å²) in [5, 5.41) is 8.80.